The van der Waals surface area contributed by atoms with Crippen molar-refractivity contribution in [2.75, 3.05) is 13.7 Å². The van der Waals surface area contributed by atoms with Crippen LogP contribution in [0, 0.1) is 0 Å². The van der Waals surface area contributed by atoms with Crippen molar-refractivity contribution in [1.29, 1.82) is 0 Å². The van der Waals surface area contributed by atoms with Crippen LogP contribution in [0.4, 0.5) is 0 Å². The lowest BCUT2D eigenvalue weighted by atomic mass is 10.3. The quantitative estimate of drug-likeness (QED) is 0.866. The molecule has 0 amide bonds. The molecule has 1 N–H and O–H groups in total. The molecule has 0 saturated carbocycles. The molecule has 18 heavy (non-hydrogen) atoms. The Morgan fingerprint density at radius 2 is 2.33 bits per heavy atom. The van der Waals surface area contributed by atoms with E-state index in [-0.39, 0.29) is 0 Å². The van der Waals surface area contributed by atoms with Gasteiger partial charge in [-0.2, -0.15) is 0 Å². The van der Waals surface area contributed by atoms with E-state index >= 15 is 0 Å². The van der Waals surface area contributed by atoms with Gasteiger partial charge in [-0.05, 0) is 6.54 Å². The molecule has 0 saturated heterocycles. The van der Waals surface area contributed by atoms with Gasteiger partial charge in [-0.3, -0.25) is 0 Å². The predicted molar refractivity (Wildman–Crippen MR) is 72.4 cm³/mol. The smallest absolute Gasteiger partial charge is 0.142 e. The maximum Gasteiger partial charge on any atom is 0.142 e. The monoisotopic (exact) mass is 266 g/mol. The largest absolute Gasteiger partial charge is 0.378 e. The molecule has 98 valence electrons. The molecule has 0 aromatic carbocycles. The van der Waals surface area contributed by atoms with E-state index in [1.165, 1.54) is 4.88 Å². The first-order valence-corrected chi connectivity index (χ1v) is 6.72. The summed E-state index contributed by atoms with van der Waals surface area (Å²) in [5.74, 6) is 0. The maximum absolute atomic E-state index is 5.20. The number of hydrogen-bond acceptors (Lipinski definition) is 5. The highest BCUT2D eigenvalue weighted by Crippen LogP contribution is 2.28. The molecule has 2 rings (SSSR count). The van der Waals surface area contributed by atoms with Crippen LogP contribution in [0.5, 0.6) is 0 Å². The Morgan fingerprint density at radius 1 is 1.50 bits per heavy atom. The number of nitrogens with one attached hydrogen (secondary N) is 1. The van der Waals surface area contributed by atoms with Gasteiger partial charge in [0.15, 0.2) is 0 Å². The zero-order chi connectivity index (χ0) is 13.0. The molecule has 0 aliphatic rings. The number of imidazole rings is 1. The Morgan fingerprint density at radius 3 is 2.94 bits per heavy atom. The topological polar surface area (TPSA) is 52.0 Å². The molecule has 0 bridgehead atoms. The fourth-order valence-corrected chi connectivity index (χ4v) is 2.77. The van der Waals surface area contributed by atoms with E-state index in [0.29, 0.717) is 6.61 Å². The van der Waals surface area contributed by atoms with Crippen LogP contribution in [-0.2, 0) is 24.9 Å². The molecular formula is C12H18N4OS. The van der Waals surface area contributed by atoms with Crippen molar-refractivity contribution in [3.05, 3.63) is 23.1 Å². The number of hydrogen-bond donors (Lipinski definition) is 1. The SMILES string of the molecule is CCNCc1sc(-c2cncn2C)nc1COC. The minimum Gasteiger partial charge on any atom is -0.378 e. The zero-order valence-corrected chi connectivity index (χ0v) is 11.8. The minimum absolute atomic E-state index is 0.551. The Hall–Kier alpha value is -1.24. The van der Waals surface area contributed by atoms with Crippen LogP contribution in [0.25, 0.3) is 10.7 Å². The first-order valence-electron chi connectivity index (χ1n) is 5.91. The van der Waals surface area contributed by atoms with Gasteiger partial charge in [0, 0.05) is 25.6 Å². The van der Waals surface area contributed by atoms with Gasteiger partial charge in [-0.1, -0.05) is 6.92 Å². The van der Waals surface area contributed by atoms with Gasteiger partial charge in [-0.25, -0.2) is 9.97 Å². The molecule has 0 aliphatic carbocycles. The fourth-order valence-electron chi connectivity index (χ4n) is 1.68. The summed E-state index contributed by atoms with van der Waals surface area (Å²) in [7, 11) is 3.67. The molecule has 2 heterocycles. The van der Waals surface area contributed by atoms with Crippen molar-refractivity contribution in [3.63, 3.8) is 0 Å². The lowest BCUT2D eigenvalue weighted by Crippen LogP contribution is -2.12. The van der Waals surface area contributed by atoms with Gasteiger partial charge in [-0.15, -0.1) is 11.3 Å². The average Bonchev–Trinajstić information content (AvgIpc) is 2.94. The number of rotatable bonds is 6. The van der Waals surface area contributed by atoms with Crippen molar-refractivity contribution in [3.8, 4) is 10.7 Å². The van der Waals surface area contributed by atoms with Crippen LogP contribution in [-0.4, -0.2) is 28.2 Å². The first-order chi connectivity index (χ1) is 8.76. The zero-order valence-electron chi connectivity index (χ0n) is 10.9. The lowest BCUT2D eigenvalue weighted by Gasteiger charge is -2.00. The molecule has 6 heteroatoms. The molecule has 0 fully saturated rings. The second-order valence-corrected chi connectivity index (χ2v) is 5.08. The fraction of sp³-hybridized carbons (Fsp3) is 0.500. The number of thiazole rings is 1. The van der Waals surface area contributed by atoms with Crippen LogP contribution in [0.1, 0.15) is 17.5 Å². The Bertz CT molecular complexity index is 506. The molecule has 0 aliphatic heterocycles. The van der Waals surface area contributed by atoms with Crippen molar-refractivity contribution in [1.82, 2.24) is 19.9 Å². The second kappa shape index (κ2) is 6.08. The second-order valence-electron chi connectivity index (χ2n) is 3.99. The Labute approximate surface area is 111 Å². The van der Waals surface area contributed by atoms with Gasteiger partial charge in [0.25, 0.3) is 0 Å². The predicted octanol–water partition coefficient (Wildman–Crippen LogP) is 1.80. The third-order valence-electron chi connectivity index (χ3n) is 2.63. The summed E-state index contributed by atoms with van der Waals surface area (Å²) in [5.41, 5.74) is 2.06. The van der Waals surface area contributed by atoms with E-state index in [0.717, 1.165) is 29.5 Å². The van der Waals surface area contributed by atoms with E-state index in [4.69, 9.17) is 4.74 Å². The van der Waals surface area contributed by atoms with Gasteiger partial charge in [0.1, 0.15) is 5.01 Å². The van der Waals surface area contributed by atoms with Gasteiger partial charge < -0.3 is 14.6 Å². The molecule has 2 aromatic heterocycles. The van der Waals surface area contributed by atoms with Crippen LogP contribution >= 0.6 is 11.3 Å². The number of nitrogens with zero attached hydrogens (tertiary/aromatic N) is 3. The van der Waals surface area contributed by atoms with Crippen LogP contribution in [0.15, 0.2) is 12.5 Å². The standard InChI is InChI=1S/C12H18N4OS/c1-4-13-6-11-9(7-17-3)15-12(18-11)10-5-14-8-16(10)2/h5,8,13H,4,6-7H2,1-3H3. The van der Waals surface area contributed by atoms with Gasteiger partial charge in [0.2, 0.25) is 0 Å². The summed E-state index contributed by atoms with van der Waals surface area (Å²) in [4.78, 5) is 10.0. The van der Waals surface area contributed by atoms with Crippen LogP contribution in [0.2, 0.25) is 0 Å². The van der Waals surface area contributed by atoms with Crippen molar-refractivity contribution < 1.29 is 4.74 Å². The summed E-state index contributed by atoms with van der Waals surface area (Å²) in [5, 5.41) is 4.32. The maximum atomic E-state index is 5.20. The van der Waals surface area contributed by atoms with Crippen molar-refractivity contribution >= 4 is 11.3 Å². The minimum atomic E-state index is 0.551. The van der Waals surface area contributed by atoms with Crippen LogP contribution in [0.3, 0.4) is 0 Å². The summed E-state index contributed by atoms with van der Waals surface area (Å²) < 4.78 is 7.18. The van der Waals surface area contributed by atoms with E-state index in [9.17, 15) is 0 Å². The third-order valence-corrected chi connectivity index (χ3v) is 3.75. The average molecular weight is 266 g/mol. The molecule has 2 aromatic rings. The highest BCUT2D eigenvalue weighted by molar-refractivity contribution is 7.15. The summed E-state index contributed by atoms with van der Waals surface area (Å²) in [6, 6.07) is 0. The number of aryl methyl sites for hydroxylation is 1. The Balaban J connectivity index is 2.29. The highest BCUT2D eigenvalue weighted by Gasteiger charge is 2.14. The molecule has 0 spiro atoms. The lowest BCUT2D eigenvalue weighted by molar-refractivity contribution is 0.181. The first kappa shape index (κ1) is 13.2. The molecule has 0 radical (unpaired) electrons. The highest BCUT2D eigenvalue weighted by atomic mass is 32.1. The summed E-state index contributed by atoms with van der Waals surface area (Å²) >= 11 is 1.70. The third kappa shape index (κ3) is 2.77. The number of ether oxygens (including phenoxy) is 1. The van der Waals surface area contributed by atoms with E-state index < -0.39 is 0 Å². The molecule has 0 atom stereocenters. The number of methoxy groups -OCH3 is 1. The van der Waals surface area contributed by atoms with Gasteiger partial charge >= 0.3 is 0 Å². The van der Waals surface area contributed by atoms with E-state index in [1.54, 1.807) is 24.8 Å². The van der Waals surface area contributed by atoms with Crippen molar-refractivity contribution in [2.24, 2.45) is 7.05 Å². The molecule has 5 nitrogen and oxygen atoms in total. The van der Waals surface area contributed by atoms with E-state index in [2.05, 4.69) is 22.2 Å². The van der Waals surface area contributed by atoms with Crippen LogP contribution < -0.4 is 5.32 Å². The van der Waals surface area contributed by atoms with Gasteiger partial charge in [0.05, 0.1) is 30.5 Å². The molecule has 0 unspecified atom stereocenters. The normalized spacial score (nSPS) is 11.1. The summed E-state index contributed by atoms with van der Waals surface area (Å²) in [6.45, 7) is 4.43. The van der Waals surface area contributed by atoms with Crippen molar-refractivity contribution in [2.45, 2.75) is 20.1 Å². The number of aromatic nitrogens is 3. The molecular weight excluding hydrogens is 248 g/mol. The van der Waals surface area contributed by atoms with E-state index in [1.807, 2.05) is 17.8 Å². The summed E-state index contributed by atoms with van der Waals surface area (Å²) in [6.07, 6.45) is 3.63. The Kier molecular flexibility index (Phi) is 4.46.